The van der Waals surface area contributed by atoms with Crippen LogP contribution in [0.4, 0.5) is 5.82 Å². The fourth-order valence-corrected chi connectivity index (χ4v) is 2.51. The Morgan fingerprint density at radius 2 is 2.21 bits per heavy atom. The molecule has 0 aromatic carbocycles. The van der Waals surface area contributed by atoms with Crippen LogP contribution in [-0.4, -0.2) is 29.6 Å². The Balaban J connectivity index is 2.02. The molecule has 1 aliphatic heterocycles. The van der Waals surface area contributed by atoms with E-state index in [1.54, 1.807) is 0 Å². The van der Waals surface area contributed by atoms with Gasteiger partial charge in [0.2, 0.25) is 0 Å². The first-order valence-corrected chi connectivity index (χ1v) is 7.29. The molecular weight excluding hydrogens is 236 g/mol. The van der Waals surface area contributed by atoms with E-state index >= 15 is 0 Å². The number of piperidine rings is 1. The summed E-state index contributed by atoms with van der Waals surface area (Å²) in [6.07, 6.45) is 2.53. The average Bonchev–Trinajstić information content (AvgIpc) is 2.37. The molecule has 0 aliphatic carbocycles. The van der Waals surface area contributed by atoms with E-state index in [1.807, 2.05) is 13.0 Å². The lowest BCUT2D eigenvalue weighted by molar-refractivity contribution is 0.253. The number of hydrogen-bond acceptors (Lipinski definition) is 4. The second-order valence-corrected chi connectivity index (χ2v) is 6.35. The molecule has 19 heavy (non-hydrogen) atoms. The molecule has 1 fully saturated rings. The van der Waals surface area contributed by atoms with Crippen LogP contribution < -0.4 is 10.6 Å². The molecule has 2 N–H and O–H groups in total. The van der Waals surface area contributed by atoms with Gasteiger partial charge in [-0.3, -0.25) is 0 Å². The molecule has 1 atom stereocenters. The summed E-state index contributed by atoms with van der Waals surface area (Å²) in [6, 6.07) is 2.03. The van der Waals surface area contributed by atoms with E-state index in [0.29, 0.717) is 11.3 Å². The van der Waals surface area contributed by atoms with Crippen molar-refractivity contribution >= 4 is 5.82 Å². The largest absolute Gasteiger partial charge is 0.369 e. The van der Waals surface area contributed by atoms with Gasteiger partial charge in [-0.05, 0) is 31.7 Å². The smallest absolute Gasteiger partial charge is 0.133 e. The zero-order valence-electron chi connectivity index (χ0n) is 12.6. The fraction of sp³-hybridized carbons (Fsp3) is 0.733. The van der Waals surface area contributed by atoms with Gasteiger partial charge in [-0.25, -0.2) is 9.97 Å². The second-order valence-electron chi connectivity index (χ2n) is 6.35. The van der Waals surface area contributed by atoms with E-state index in [1.165, 1.54) is 12.8 Å². The third-order valence-electron chi connectivity index (χ3n) is 3.77. The van der Waals surface area contributed by atoms with Crippen LogP contribution >= 0.6 is 0 Å². The summed E-state index contributed by atoms with van der Waals surface area (Å²) in [6.45, 7) is 11.8. The number of aryl methyl sites for hydroxylation is 1. The van der Waals surface area contributed by atoms with Gasteiger partial charge in [-0.15, -0.1) is 0 Å². The van der Waals surface area contributed by atoms with Crippen LogP contribution in [0.3, 0.4) is 0 Å². The molecule has 1 saturated heterocycles. The standard InChI is InChI=1S/C15H26N4/c1-11(2)14-18-12(3)8-13(19-14)17-10-15(4)6-5-7-16-9-15/h8,11,16H,5-7,9-10H2,1-4H3,(H,17,18,19). The Kier molecular flexibility index (Phi) is 4.40. The molecule has 0 bridgehead atoms. The molecule has 1 unspecified atom stereocenters. The number of aromatic nitrogens is 2. The minimum Gasteiger partial charge on any atom is -0.369 e. The van der Waals surface area contributed by atoms with Gasteiger partial charge in [0, 0.05) is 30.8 Å². The maximum absolute atomic E-state index is 4.61. The zero-order chi connectivity index (χ0) is 13.9. The molecular formula is C15H26N4. The van der Waals surface area contributed by atoms with Crippen LogP contribution in [0.2, 0.25) is 0 Å². The minimum atomic E-state index is 0.328. The Morgan fingerprint density at radius 3 is 2.84 bits per heavy atom. The van der Waals surface area contributed by atoms with Crippen molar-refractivity contribution < 1.29 is 0 Å². The van der Waals surface area contributed by atoms with Crippen LogP contribution in [0.5, 0.6) is 0 Å². The molecule has 4 heteroatoms. The molecule has 4 nitrogen and oxygen atoms in total. The number of hydrogen-bond donors (Lipinski definition) is 2. The van der Waals surface area contributed by atoms with Gasteiger partial charge < -0.3 is 10.6 Å². The first-order chi connectivity index (χ1) is 8.98. The van der Waals surface area contributed by atoms with Crippen LogP contribution in [0.25, 0.3) is 0 Å². The monoisotopic (exact) mass is 262 g/mol. The highest BCUT2D eigenvalue weighted by Crippen LogP contribution is 2.25. The second kappa shape index (κ2) is 5.87. The molecule has 1 aromatic rings. The lowest BCUT2D eigenvalue weighted by atomic mass is 9.83. The summed E-state index contributed by atoms with van der Waals surface area (Å²) in [7, 11) is 0. The maximum Gasteiger partial charge on any atom is 0.133 e. The van der Waals surface area contributed by atoms with E-state index in [4.69, 9.17) is 0 Å². The normalized spacial score (nSPS) is 23.6. The Bertz CT molecular complexity index is 422. The van der Waals surface area contributed by atoms with Crippen molar-refractivity contribution in [2.45, 2.75) is 46.5 Å². The molecule has 1 aliphatic rings. The van der Waals surface area contributed by atoms with Gasteiger partial charge >= 0.3 is 0 Å². The maximum atomic E-state index is 4.61. The Hall–Kier alpha value is -1.16. The van der Waals surface area contributed by atoms with Crippen molar-refractivity contribution in [1.82, 2.24) is 15.3 Å². The lowest BCUT2D eigenvalue weighted by Crippen LogP contribution is -2.42. The quantitative estimate of drug-likeness (QED) is 0.876. The van der Waals surface area contributed by atoms with Crippen molar-refractivity contribution in [1.29, 1.82) is 0 Å². The molecule has 2 heterocycles. The summed E-state index contributed by atoms with van der Waals surface area (Å²) in [5, 5.41) is 6.98. The fourth-order valence-electron chi connectivity index (χ4n) is 2.51. The third kappa shape index (κ3) is 3.90. The molecule has 0 radical (unpaired) electrons. The van der Waals surface area contributed by atoms with Crippen molar-refractivity contribution in [2.24, 2.45) is 5.41 Å². The van der Waals surface area contributed by atoms with Gasteiger partial charge in [-0.1, -0.05) is 20.8 Å². The number of anilines is 1. The molecule has 0 spiro atoms. The summed E-state index contributed by atoms with van der Waals surface area (Å²) in [5.74, 6) is 2.25. The first kappa shape index (κ1) is 14.3. The van der Waals surface area contributed by atoms with Crippen LogP contribution in [-0.2, 0) is 0 Å². The number of nitrogens with zero attached hydrogens (tertiary/aromatic N) is 2. The molecule has 0 amide bonds. The minimum absolute atomic E-state index is 0.328. The van der Waals surface area contributed by atoms with Crippen LogP contribution in [0.15, 0.2) is 6.07 Å². The van der Waals surface area contributed by atoms with E-state index in [-0.39, 0.29) is 0 Å². The van der Waals surface area contributed by atoms with Crippen molar-refractivity contribution in [3.63, 3.8) is 0 Å². The first-order valence-electron chi connectivity index (χ1n) is 7.29. The molecule has 106 valence electrons. The molecule has 1 aromatic heterocycles. The topological polar surface area (TPSA) is 49.8 Å². The van der Waals surface area contributed by atoms with E-state index in [0.717, 1.165) is 37.0 Å². The Morgan fingerprint density at radius 1 is 1.42 bits per heavy atom. The predicted octanol–water partition coefficient (Wildman–Crippen LogP) is 2.71. The van der Waals surface area contributed by atoms with Crippen molar-refractivity contribution in [3.8, 4) is 0 Å². The molecule has 0 saturated carbocycles. The highest BCUT2D eigenvalue weighted by Gasteiger charge is 2.26. The molecule has 2 rings (SSSR count). The lowest BCUT2D eigenvalue weighted by Gasteiger charge is -2.34. The van der Waals surface area contributed by atoms with Crippen molar-refractivity contribution in [2.75, 3.05) is 25.0 Å². The zero-order valence-corrected chi connectivity index (χ0v) is 12.6. The highest BCUT2D eigenvalue weighted by atomic mass is 15.0. The van der Waals surface area contributed by atoms with Crippen LogP contribution in [0.1, 0.15) is 51.0 Å². The predicted molar refractivity (Wildman–Crippen MR) is 79.6 cm³/mol. The summed E-state index contributed by atoms with van der Waals surface area (Å²) in [4.78, 5) is 9.09. The summed E-state index contributed by atoms with van der Waals surface area (Å²) < 4.78 is 0. The van der Waals surface area contributed by atoms with Crippen molar-refractivity contribution in [3.05, 3.63) is 17.6 Å². The average molecular weight is 262 g/mol. The third-order valence-corrected chi connectivity index (χ3v) is 3.77. The van der Waals surface area contributed by atoms with E-state index < -0.39 is 0 Å². The SMILES string of the molecule is Cc1cc(NCC2(C)CCCNC2)nc(C(C)C)n1. The summed E-state index contributed by atoms with van der Waals surface area (Å²) >= 11 is 0. The number of rotatable bonds is 4. The van der Waals surface area contributed by atoms with Gasteiger partial charge in [-0.2, -0.15) is 0 Å². The summed E-state index contributed by atoms with van der Waals surface area (Å²) in [5.41, 5.74) is 1.36. The van der Waals surface area contributed by atoms with E-state index in [9.17, 15) is 0 Å². The van der Waals surface area contributed by atoms with Gasteiger partial charge in [0.1, 0.15) is 11.6 Å². The van der Waals surface area contributed by atoms with Gasteiger partial charge in [0.15, 0.2) is 0 Å². The number of nitrogens with one attached hydrogen (secondary N) is 2. The Labute approximate surface area is 116 Å². The van der Waals surface area contributed by atoms with E-state index in [2.05, 4.69) is 41.4 Å². The highest BCUT2D eigenvalue weighted by molar-refractivity contribution is 5.36. The van der Waals surface area contributed by atoms with Gasteiger partial charge in [0.05, 0.1) is 0 Å². The van der Waals surface area contributed by atoms with Gasteiger partial charge in [0.25, 0.3) is 0 Å². The van der Waals surface area contributed by atoms with Crippen LogP contribution in [0, 0.1) is 12.3 Å².